The number of hydrogen-bond donors (Lipinski definition) is 1. The molecule has 0 amide bonds. The van der Waals surface area contributed by atoms with Crippen molar-refractivity contribution in [3.05, 3.63) is 76.3 Å². The van der Waals surface area contributed by atoms with E-state index in [2.05, 4.69) is 21.1 Å². The minimum atomic E-state index is -0.221. The highest BCUT2D eigenvalue weighted by molar-refractivity contribution is 5.67. The molecule has 7 heteroatoms. The summed E-state index contributed by atoms with van der Waals surface area (Å²) in [5.74, 6) is 1.08. The third kappa shape index (κ3) is 3.01. The standard InChI is InChI=1S/C21H17N5O2/c1-13(2)18-19(25-20-15(10-22)12-24-26(20)21(18)27)14-8-9-17(23-11-14)28-16-6-4-3-5-7-16/h3-9,11-13,24H,1-2H3. The van der Waals surface area contributed by atoms with Gasteiger partial charge in [0.25, 0.3) is 5.56 Å². The van der Waals surface area contributed by atoms with Gasteiger partial charge in [0.2, 0.25) is 5.88 Å². The van der Waals surface area contributed by atoms with E-state index in [1.807, 2.05) is 50.2 Å². The lowest BCUT2D eigenvalue weighted by molar-refractivity contribution is 0.463. The Labute approximate surface area is 160 Å². The average Bonchev–Trinajstić information content (AvgIpc) is 3.12. The molecule has 0 atom stereocenters. The summed E-state index contributed by atoms with van der Waals surface area (Å²) < 4.78 is 7.02. The van der Waals surface area contributed by atoms with Gasteiger partial charge in [-0.15, -0.1) is 0 Å². The number of ether oxygens (including phenoxy) is 1. The van der Waals surface area contributed by atoms with Crippen molar-refractivity contribution in [2.45, 2.75) is 19.8 Å². The number of para-hydroxylation sites is 1. The quantitative estimate of drug-likeness (QED) is 0.587. The molecule has 0 bridgehead atoms. The average molecular weight is 371 g/mol. The number of nitrogens with zero attached hydrogens (tertiary/aromatic N) is 4. The van der Waals surface area contributed by atoms with Crippen molar-refractivity contribution in [3.63, 3.8) is 0 Å². The first kappa shape index (κ1) is 17.5. The van der Waals surface area contributed by atoms with E-state index in [-0.39, 0.29) is 11.5 Å². The van der Waals surface area contributed by atoms with Crippen LogP contribution in [-0.2, 0) is 0 Å². The van der Waals surface area contributed by atoms with Crippen molar-refractivity contribution < 1.29 is 4.74 Å². The normalized spacial score (nSPS) is 10.9. The molecule has 0 aliphatic carbocycles. The van der Waals surface area contributed by atoms with E-state index in [9.17, 15) is 10.1 Å². The summed E-state index contributed by atoms with van der Waals surface area (Å²) in [6.45, 7) is 3.87. The van der Waals surface area contributed by atoms with Crippen molar-refractivity contribution >= 4 is 5.65 Å². The molecule has 0 unspecified atom stereocenters. The Morgan fingerprint density at radius 3 is 2.61 bits per heavy atom. The summed E-state index contributed by atoms with van der Waals surface area (Å²) in [7, 11) is 0. The number of nitrogens with one attached hydrogen (secondary N) is 1. The smallest absolute Gasteiger partial charge is 0.276 e. The summed E-state index contributed by atoms with van der Waals surface area (Å²) in [5.41, 5.74) is 2.16. The zero-order chi connectivity index (χ0) is 19.7. The first-order valence-electron chi connectivity index (χ1n) is 8.82. The van der Waals surface area contributed by atoms with Crippen LogP contribution in [0.2, 0.25) is 0 Å². The van der Waals surface area contributed by atoms with E-state index < -0.39 is 0 Å². The molecular formula is C21H17N5O2. The van der Waals surface area contributed by atoms with Crippen LogP contribution in [0.15, 0.2) is 59.7 Å². The number of aromatic amines is 1. The molecule has 7 nitrogen and oxygen atoms in total. The van der Waals surface area contributed by atoms with E-state index in [1.54, 1.807) is 12.3 Å². The Kier molecular flexibility index (Phi) is 4.38. The molecule has 0 aliphatic rings. The van der Waals surface area contributed by atoms with Crippen LogP contribution in [0.4, 0.5) is 0 Å². The molecule has 3 heterocycles. The summed E-state index contributed by atoms with van der Waals surface area (Å²) >= 11 is 0. The number of aromatic nitrogens is 4. The molecule has 28 heavy (non-hydrogen) atoms. The van der Waals surface area contributed by atoms with Gasteiger partial charge in [-0.3, -0.25) is 9.89 Å². The SMILES string of the molecule is CC(C)c1c(-c2ccc(Oc3ccccc3)nc2)nc2c(C#N)c[nH]n2c1=O. The van der Waals surface area contributed by atoms with Crippen LogP contribution < -0.4 is 10.3 Å². The van der Waals surface area contributed by atoms with Gasteiger partial charge in [-0.05, 0) is 24.1 Å². The first-order valence-corrected chi connectivity index (χ1v) is 8.82. The maximum Gasteiger partial charge on any atom is 0.276 e. The largest absolute Gasteiger partial charge is 0.439 e. The maximum atomic E-state index is 12.9. The molecule has 138 valence electrons. The van der Waals surface area contributed by atoms with Gasteiger partial charge in [0.05, 0.1) is 5.69 Å². The highest BCUT2D eigenvalue weighted by atomic mass is 16.5. The van der Waals surface area contributed by atoms with Gasteiger partial charge in [-0.25, -0.2) is 14.5 Å². The number of nitriles is 1. The van der Waals surface area contributed by atoms with Crippen molar-refractivity contribution in [2.75, 3.05) is 0 Å². The molecule has 4 aromatic rings. The third-order valence-corrected chi connectivity index (χ3v) is 4.37. The highest BCUT2D eigenvalue weighted by Crippen LogP contribution is 2.27. The molecule has 0 radical (unpaired) electrons. The highest BCUT2D eigenvalue weighted by Gasteiger charge is 2.20. The minimum Gasteiger partial charge on any atom is -0.439 e. The number of fused-ring (bicyclic) bond motifs is 1. The van der Waals surface area contributed by atoms with E-state index in [0.29, 0.717) is 39.7 Å². The summed E-state index contributed by atoms with van der Waals surface area (Å²) in [6.07, 6.45) is 3.10. The van der Waals surface area contributed by atoms with Crippen LogP contribution in [-0.4, -0.2) is 19.6 Å². The Hall–Kier alpha value is -3.92. The Morgan fingerprint density at radius 2 is 1.96 bits per heavy atom. The van der Waals surface area contributed by atoms with Crippen LogP contribution in [0.25, 0.3) is 16.9 Å². The van der Waals surface area contributed by atoms with Gasteiger partial charge >= 0.3 is 0 Å². The van der Waals surface area contributed by atoms with Crippen LogP contribution in [0.5, 0.6) is 11.6 Å². The van der Waals surface area contributed by atoms with E-state index in [1.165, 1.54) is 10.7 Å². The number of H-pyrrole nitrogens is 1. The van der Waals surface area contributed by atoms with Gasteiger partial charge in [0.1, 0.15) is 17.4 Å². The molecule has 0 aliphatic heterocycles. The number of rotatable bonds is 4. The minimum absolute atomic E-state index is 0.0546. The second-order valence-corrected chi connectivity index (χ2v) is 6.59. The van der Waals surface area contributed by atoms with Crippen LogP contribution >= 0.6 is 0 Å². The first-order chi connectivity index (χ1) is 13.6. The van der Waals surface area contributed by atoms with Crippen molar-refractivity contribution in [1.29, 1.82) is 5.26 Å². The predicted octanol–water partition coefficient (Wildman–Crippen LogP) is 3.87. The van der Waals surface area contributed by atoms with Crippen LogP contribution in [0.3, 0.4) is 0 Å². The summed E-state index contributed by atoms with van der Waals surface area (Å²) in [6, 6.07) is 15.0. The molecule has 0 saturated carbocycles. The molecule has 0 saturated heterocycles. The lowest BCUT2D eigenvalue weighted by atomic mass is 9.99. The second-order valence-electron chi connectivity index (χ2n) is 6.59. The van der Waals surface area contributed by atoms with Crippen LogP contribution in [0.1, 0.15) is 30.9 Å². The Morgan fingerprint density at radius 1 is 1.18 bits per heavy atom. The van der Waals surface area contributed by atoms with Crippen molar-refractivity contribution in [1.82, 2.24) is 19.6 Å². The van der Waals surface area contributed by atoms with E-state index in [0.717, 1.165) is 0 Å². The third-order valence-electron chi connectivity index (χ3n) is 4.37. The Bertz CT molecular complexity index is 1230. The molecule has 3 aromatic heterocycles. The van der Waals surface area contributed by atoms with Gasteiger partial charge in [-0.2, -0.15) is 5.26 Å². The lowest BCUT2D eigenvalue weighted by Crippen LogP contribution is -2.22. The van der Waals surface area contributed by atoms with E-state index >= 15 is 0 Å². The molecule has 4 rings (SSSR count). The van der Waals surface area contributed by atoms with Gasteiger partial charge in [0, 0.05) is 29.6 Å². The monoisotopic (exact) mass is 371 g/mol. The fourth-order valence-corrected chi connectivity index (χ4v) is 3.04. The number of hydrogen-bond acceptors (Lipinski definition) is 5. The van der Waals surface area contributed by atoms with E-state index in [4.69, 9.17) is 4.74 Å². The molecule has 1 aromatic carbocycles. The molecular weight excluding hydrogens is 354 g/mol. The topological polar surface area (TPSA) is 96.1 Å². The maximum absolute atomic E-state index is 12.9. The number of benzene rings is 1. The van der Waals surface area contributed by atoms with Gasteiger partial charge in [0.15, 0.2) is 5.65 Å². The Balaban J connectivity index is 1.81. The summed E-state index contributed by atoms with van der Waals surface area (Å²) in [5, 5.41) is 12.1. The zero-order valence-corrected chi connectivity index (χ0v) is 15.4. The fraction of sp³-hybridized carbons (Fsp3) is 0.143. The summed E-state index contributed by atoms with van der Waals surface area (Å²) in [4.78, 5) is 21.9. The van der Waals surface area contributed by atoms with Crippen molar-refractivity contribution in [2.24, 2.45) is 0 Å². The predicted molar refractivity (Wildman–Crippen MR) is 104 cm³/mol. The second kappa shape index (κ2) is 7.00. The molecule has 0 fully saturated rings. The fourth-order valence-electron chi connectivity index (χ4n) is 3.04. The lowest BCUT2D eigenvalue weighted by Gasteiger charge is -2.12. The zero-order valence-electron chi connectivity index (χ0n) is 15.4. The van der Waals surface area contributed by atoms with Crippen LogP contribution in [0, 0.1) is 11.3 Å². The van der Waals surface area contributed by atoms with Gasteiger partial charge in [-0.1, -0.05) is 32.0 Å². The molecule has 1 N–H and O–H groups in total. The molecule has 0 spiro atoms. The van der Waals surface area contributed by atoms with Gasteiger partial charge < -0.3 is 4.74 Å². The number of pyridine rings is 1. The van der Waals surface area contributed by atoms with Crippen molar-refractivity contribution in [3.8, 4) is 29.0 Å².